The van der Waals surface area contributed by atoms with Crippen molar-refractivity contribution in [1.82, 2.24) is 4.90 Å². The van der Waals surface area contributed by atoms with Crippen molar-refractivity contribution in [3.05, 3.63) is 0 Å². The minimum Gasteiger partial charge on any atom is -0.459 e. The van der Waals surface area contributed by atoms with Crippen LogP contribution in [0, 0.1) is 11.3 Å². The molecule has 0 unspecified atom stereocenters. The van der Waals surface area contributed by atoms with E-state index in [2.05, 4.69) is 18.7 Å². The summed E-state index contributed by atoms with van der Waals surface area (Å²) in [5.41, 5.74) is -1.02. The molecule has 1 saturated heterocycles. The zero-order valence-electron chi connectivity index (χ0n) is 16.7. The van der Waals surface area contributed by atoms with Gasteiger partial charge in [-0.25, -0.2) is 0 Å². The van der Waals surface area contributed by atoms with E-state index in [1.54, 1.807) is 0 Å². The van der Waals surface area contributed by atoms with Crippen LogP contribution in [0.3, 0.4) is 0 Å². The first-order valence-electron chi connectivity index (χ1n) is 9.79. The van der Waals surface area contributed by atoms with Crippen LogP contribution < -0.4 is 0 Å². The number of esters is 1. The van der Waals surface area contributed by atoms with Gasteiger partial charge in [0, 0.05) is 11.0 Å². The van der Waals surface area contributed by atoms with Gasteiger partial charge in [-0.05, 0) is 65.3 Å². The zero-order valence-corrected chi connectivity index (χ0v) is 16.7. The highest BCUT2D eigenvalue weighted by Crippen LogP contribution is 2.50. The summed E-state index contributed by atoms with van der Waals surface area (Å²) < 4.78 is 5.73. The van der Waals surface area contributed by atoms with Gasteiger partial charge in [0.05, 0.1) is 13.2 Å². The molecule has 1 saturated carbocycles. The Morgan fingerprint density at radius 1 is 1.12 bits per heavy atom. The molecule has 1 aliphatic carbocycles. The van der Waals surface area contributed by atoms with Crippen molar-refractivity contribution in [2.24, 2.45) is 11.3 Å². The Morgan fingerprint density at radius 3 is 2.24 bits per heavy atom. The van der Waals surface area contributed by atoms with Crippen LogP contribution >= 0.6 is 0 Å². The molecule has 0 aromatic heterocycles. The lowest BCUT2D eigenvalue weighted by Crippen LogP contribution is -2.59. The van der Waals surface area contributed by atoms with Gasteiger partial charge in [0.1, 0.15) is 11.6 Å². The SMILES string of the molecule is CC(C)[C@@H](C(=O)OC(C)(C)C)N1CCC[C@]12CCCC(CO)(CO)C2. The Labute approximate surface area is 152 Å². The summed E-state index contributed by atoms with van der Waals surface area (Å²) in [4.78, 5) is 15.3. The van der Waals surface area contributed by atoms with E-state index in [-0.39, 0.29) is 36.7 Å². The van der Waals surface area contributed by atoms with E-state index in [1.165, 1.54) is 0 Å². The molecule has 5 heteroatoms. The maximum absolute atomic E-state index is 13.0. The van der Waals surface area contributed by atoms with Gasteiger partial charge in [-0.2, -0.15) is 0 Å². The van der Waals surface area contributed by atoms with Gasteiger partial charge in [0.2, 0.25) is 0 Å². The van der Waals surface area contributed by atoms with Crippen molar-refractivity contribution in [1.29, 1.82) is 0 Å². The highest BCUT2D eigenvalue weighted by atomic mass is 16.6. The molecule has 0 amide bonds. The first-order chi connectivity index (χ1) is 11.6. The normalized spacial score (nSPS) is 28.5. The molecule has 2 N–H and O–H groups in total. The molecule has 2 fully saturated rings. The van der Waals surface area contributed by atoms with Crippen LogP contribution in [0.2, 0.25) is 0 Å². The van der Waals surface area contributed by atoms with E-state index in [1.807, 2.05) is 20.8 Å². The summed E-state index contributed by atoms with van der Waals surface area (Å²) in [6, 6.07) is -0.269. The van der Waals surface area contributed by atoms with Crippen LogP contribution in [0.1, 0.15) is 73.1 Å². The highest BCUT2D eigenvalue weighted by Gasteiger charge is 2.53. The van der Waals surface area contributed by atoms with Crippen LogP contribution in [0.25, 0.3) is 0 Å². The van der Waals surface area contributed by atoms with Crippen molar-refractivity contribution < 1.29 is 19.7 Å². The second-order valence-electron chi connectivity index (χ2n) is 9.59. The Morgan fingerprint density at radius 2 is 1.72 bits per heavy atom. The van der Waals surface area contributed by atoms with E-state index in [9.17, 15) is 15.0 Å². The second-order valence-corrected chi connectivity index (χ2v) is 9.59. The average Bonchev–Trinajstić information content (AvgIpc) is 2.87. The number of carbonyl (C=O) groups excluding carboxylic acids is 1. The Kier molecular flexibility index (Phi) is 6.22. The molecule has 2 aliphatic rings. The number of carbonyl (C=O) groups is 1. The van der Waals surface area contributed by atoms with E-state index < -0.39 is 11.0 Å². The lowest BCUT2D eigenvalue weighted by molar-refractivity contribution is -0.167. The molecule has 1 aliphatic heterocycles. The number of nitrogens with zero attached hydrogens (tertiary/aromatic N) is 1. The predicted octanol–water partition coefficient (Wildman–Crippen LogP) is 2.73. The maximum Gasteiger partial charge on any atom is 0.324 e. The third-order valence-electron chi connectivity index (χ3n) is 5.99. The van der Waals surface area contributed by atoms with Gasteiger partial charge in [0.15, 0.2) is 0 Å². The van der Waals surface area contributed by atoms with Gasteiger partial charge < -0.3 is 14.9 Å². The average molecular weight is 356 g/mol. The van der Waals surface area contributed by atoms with Crippen LogP contribution in [-0.2, 0) is 9.53 Å². The molecule has 0 aromatic carbocycles. The lowest BCUT2D eigenvalue weighted by Gasteiger charge is -2.51. The van der Waals surface area contributed by atoms with Crippen molar-refractivity contribution in [2.45, 2.75) is 90.3 Å². The summed E-state index contributed by atoms with van der Waals surface area (Å²) in [6.07, 6.45) is 5.71. The van der Waals surface area contributed by atoms with E-state index in [0.717, 1.165) is 45.1 Å². The predicted molar refractivity (Wildman–Crippen MR) is 98.2 cm³/mol. The standard InChI is InChI=1S/C20H37NO4/c1-15(2)16(17(24)25-18(3,4)5)21-11-7-10-20(21)9-6-8-19(12-20,13-22)14-23/h15-16,22-23H,6-14H2,1-5H3/t16-,20-/m0/s1. The van der Waals surface area contributed by atoms with Gasteiger partial charge in [-0.3, -0.25) is 9.69 Å². The minimum atomic E-state index is -0.496. The van der Waals surface area contributed by atoms with E-state index >= 15 is 0 Å². The Hall–Kier alpha value is -0.650. The molecule has 0 aromatic rings. The lowest BCUT2D eigenvalue weighted by atomic mass is 9.65. The van der Waals surface area contributed by atoms with E-state index in [4.69, 9.17) is 4.74 Å². The molecule has 0 bridgehead atoms. The number of aliphatic hydroxyl groups excluding tert-OH is 2. The summed E-state index contributed by atoms with van der Waals surface area (Å²) in [7, 11) is 0. The molecule has 25 heavy (non-hydrogen) atoms. The molecule has 2 atom stereocenters. The topological polar surface area (TPSA) is 70.0 Å². The van der Waals surface area contributed by atoms with Crippen molar-refractivity contribution in [3.8, 4) is 0 Å². The van der Waals surface area contributed by atoms with Gasteiger partial charge in [-0.1, -0.05) is 20.3 Å². The summed E-state index contributed by atoms with van der Waals surface area (Å²) in [5.74, 6) is 0.0114. The third-order valence-corrected chi connectivity index (χ3v) is 5.99. The molecule has 1 heterocycles. The van der Waals surface area contributed by atoms with Crippen LogP contribution in [0.15, 0.2) is 0 Å². The summed E-state index contributed by atoms with van der Waals surface area (Å²) in [6.45, 7) is 10.8. The van der Waals surface area contributed by atoms with E-state index in [0.29, 0.717) is 0 Å². The summed E-state index contributed by atoms with van der Waals surface area (Å²) >= 11 is 0. The van der Waals surface area contributed by atoms with Crippen LogP contribution in [-0.4, -0.2) is 58.0 Å². The molecule has 146 valence electrons. The zero-order chi connectivity index (χ0) is 18.9. The fraction of sp³-hybridized carbons (Fsp3) is 0.950. The van der Waals surface area contributed by atoms with Gasteiger partial charge in [-0.15, -0.1) is 0 Å². The molecule has 5 nitrogen and oxygen atoms in total. The summed E-state index contributed by atoms with van der Waals surface area (Å²) in [5, 5.41) is 19.8. The minimum absolute atomic E-state index is 0.0118. The maximum atomic E-state index is 13.0. The quantitative estimate of drug-likeness (QED) is 0.742. The molecule has 0 radical (unpaired) electrons. The Balaban J connectivity index is 2.29. The van der Waals surface area contributed by atoms with Crippen molar-refractivity contribution in [3.63, 3.8) is 0 Å². The fourth-order valence-electron chi connectivity index (χ4n) is 4.96. The van der Waals surface area contributed by atoms with Crippen molar-refractivity contribution >= 4 is 5.97 Å². The number of rotatable bonds is 5. The van der Waals surface area contributed by atoms with Crippen molar-refractivity contribution in [2.75, 3.05) is 19.8 Å². The second kappa shape index (κ2) is 7.53. The number of hydrogen-bond acceptors (Lipinski definition) is 5. The number of likely N-dealkylation sites (tertiary alicyclic amines) is 1. The third kappa shape index (κ3) is 4.37. The molecular weight excluding hydrogens is 318 g/mol. The van der Waals surface area contributed by atoms with Gasteiger partial charge in [0.25, 0.3) is 0 Å². The molecule has 2 rings (SSSR count). The largest absolute Gasteiger partial charge is 0.459 e. The van der Waals surface area contributed by atoms with Crippen LogP contribution in [0.5, 0.6) is 0 Å². The number of ether oxygens (including phenoxy) is 1. The Bertz CT molecular complexity index is 467. The molecule has 1 spiro atoms. The highest BCUT2D eigenvalue weighted by molar-refractivity contribution is 5.76. The number of aliphatic hydroxyl groups is 2. The monoisotopic (exact) mass is 355 g/mol. The first-order valence-corrected chi connectivity index (χ1v) is 9.79. The van der Waals surface area contributed by atoms with Crippen LogP contribution in [0.4, 0.5) is 0 Å². The molecular formula is C20H37NO4. The number of hydrogen-bond donors (Lipinski definition) is 2. The fourth-order valence-corrected chi connectivity index (χ4v) is 4.96. The smallest absolute Gasteiger partial charge is 0.324 e. The first kappa shape index (κ1) is 20.7. The van der Waals surface area contributed by atoms with Gasteiger partial charge >= 0.3 is 5.97 Å².